The van der Waals surface area contributed by atoms with Crippen molar-refractivity contribution in [1.82, 2.24) is 10.2 Å². The van der Waals surface area contributed by atoms with Crippen molar-refractivity contribution in [3.8, 4) is 0 Å². The van der Waals surface area contributed by atoms with Gasteiger partial charge in [0.1, 0.15) is 6.04 Å². The van der Waals surface area contributed by atoms with Gasteiger partial charge in [-0.05, 0) is 31.6 Å². The van der Waals surface area contributed by atoms with Crippen molar-refractivity contribution in [2.75, 3.05) is 13.2 Å². The molecule has 2 N–H and O–H groups in total. The summed E-state index contributed by atoms with van der Waals surface area (Å²) in [6, 6.07) is -1.08. The van der Waals surface area contributed by atoms with Gasteiger partial charge < -0.3 is 20.1 Å². The second-order valence-corrected chi connectivity index (χ2v) is 9.65. The highest BCUT2D eigenvalue weighted by molar-refractivity contribution is 5.96. The third kappa shape index (κ3) is 4.66. The number of fused-ring (bicyclic) bond motifs is 1. The molecule has 1 heterocycles. The monoisotopic (exact) mass is 434 g/mol. The van der Waals surface area contributed by atoms with Crippen LogP contribution in [0.3, 0.4) is 0 Å². The quantitative estimate of drug-likeness (QED) is 0.473. The van der Waals surface area contributed by atoms with E-state index in [2.05, 4.69) is 5.32 Å². The SMILES string of the molecule is CCOC(=O)[C@H]1[C@H]2C(=O)N([C@@H](CO)C(C)C)[C@H](C(=O)NC3CCCCC3)[C@H]2C=C[C@H]1C. The van der Waals surface area contributed by atoms with Crippen molar-refractivity contribution in [2.45, 2.75) is 77.9 Å². The lowest BCUT2D eigenvalue weighted by molar-refractivity contribution is -0.156. The number of allylic oxidation sites excluding steroid dienone is 1. The molecular formula is C24H38N2O5. The zero-order valence-corrected chi connectivity index (χ0v) is 19.3. The zero-order chi connectivity index (χ0) is 22.7. The van der Waals surface area contributed by atoms with Crippen molar-refractivity contribution in [2.24, 2.45) is 29.6 Å². The van der Waals surface area contributed by atoms with Crippen molar-refractivity contribution in [3.63, 3.8) is 0 Å². The van der Waals surface area contributed by atoms with Gasteiger partial charge in [-0.3, -0.25) is 14.4 Å². The largest absolute Gasteiger partial charge is 0.466 e. The molecule has 31 heavy (non-hydrogen) atoms. The number of hydrogen-bond acceptors (Lipinski definition) is 5. The van der Waals surface area contributed by atoms with E-state index in [0.29, 0.717) is 0 Å². The van der Waals surface area contributed by atoms with Gasteiger partial charge in [-0.15, -0.1) is 0 Å². The van der Waals surface area contributed by atoms with E-state index in [9.17, 15) is 19.5 Å². The van der Waals surface area contributed by atoms with E-state index < -0.39 is 29.8 Å². The molecule has 2 fully saturated rings. The molecule has 6 atom stereocenters. The number of ether oxygens (including phenoxy) is 1. The lowest BCUT2D eigenvalue weighted by atomic mass is 9.70. The molecular weight excluding hydrogens is 396 g/mol. The molecule has 0 spiro atoms. The van der Waals surface area contributed by atoms with Crippen LogP contribution in [-0.2, 0) is 19.1 Å². The van der Waals surface area contributed by atoms with Crippen LogP contribution in [0.5, 0.6) is 0 Å². The van der Waals surface area contributed by atoms with Crippen molar-refractivity contribution in [1.29, 1.82) is 0 Å². The third-order valence-electron chi connectivity index (χ3n) is 7.30. The summed E-state index contributed by atoms with van der Waals surface area (Å²) >= 11 is 0. The summed E-state index contributed by atoms with van der Waals surface area (Å²) in [5.74, 6) is -2.64. The predicted octanol–water partition coefficient (Wildman–Crippen LogP) is 2.28. The number of esters is 1. The smallest absolute Gasteiger partial charge is 0.310 e. The summed E-state index contributed by atoms with van der Waals surface area (Å²) in [5, 5.41) is 13.3. The maximum Gasteiger partial charge on any atom is 0.310 e. The molecule has 2 aliphatic carbocycles. The Labute approximate surface area is 185 Å². The Morgan fingerprint density at radius 1 is 1.23 bits per heavy atom. The van der Waals surface area contributed by atoms with Crippen LogP contribution in [-0.4, -0.2) is 59.1 Å². The number of likely N-dealkylation sites (tertiary alicyclic amines) is 1. The van der Waals surface area contributed by atoms with E-state index in [1.54, 1.807) is 11.8 Å². The second-order valence-electron chi connectivity index (χ2n) is 9.65. The van der Waals surface area contributed by atoms with E-state index in [4.69, 9.17) is 4.74 Å². The summed E-state index contributed by atoms with van der Waals surface area (Å²) in [5.41, 5.74) is 0. The minimum atomic E-state index is -0.723. The second kappa shape index (κ2) is 10.2. The maximum absolute atomic E-state index is 13.7. The highest BCUT2D eigenvalue weighted by Gasteiger charge is 2.58. The first-order valence-electron chi connectivity index (χ1n) is 11.9. The number of amides is 2. The molecule has 0 aromatic rings. The average Bonchev–Trinajstić information content (AvgIpc) is 3.02. The Morgan fingerprint density at radius 3 is 2.48 bits per heavy atom. The van der Waals surface area contributed by atoms with Crippen LogP contribution in [0, 0.1) is 29.6 Å². The molecule has 3 aliphatic rings. The lowest BCUT2D eigenvalue weighted by Crippen LogP contribution is -2.55. The lowest BCUT2D eigenvalue weighted by Gasteiger charge is -2.36. The van der Waals surface area contributed by atoms with E-state index in [0.717, 1.165) is 25.7 Å². The molecule has 0 bridgehead atoms. The number of aliphatic hydroxyl groups excluding tert-OH is 1. The molecule has 0 unspecified atom stereocenters. The minimum absolute atomic E-state index is 0.0264. The van der Waals surface area contributed by atoms with Gasteiger partial charge >= 0.3 is 5.97 Å². The number of carbonyl (C=O) groups is 3. The highest BCUT2D eigenvalue weighted by Crippen LogP contribution is 2.45. The molecule has 1 saturated carbocycles. The van der Waals surface area contributed by atoms with Crippen LogP contribution in [0.1, 0.15) is 59.8 Å². The number of nitrogens with zero attached hydrogens (tertiary/aromatic N) is 1. The molecule has 0 aromatic heterocycles. The Hall–Kier alpha value is -1.89. The first-order valence-corrected chi connectivity index (χ1v) is 11.9. The van der Waals surface area contributed by atoms with Crippen molar-refractivity contribution < 1.29 is 24.2 Å². The Morgan fingerprint density at radius 2 is 1.90 bits per heavy atom. The van der Waals surface area contributed by atoms with E-state index in [1.807, 2.05) is 32.9 Å². The van der Waals surface area contributed by atoms with Crippen LogP contribution in [0.15, 0.2) is 12.2 Å². The summed E-state index contributed by atoms with van der Waals surface area (Å²) in [6.45, 7) is 7.56. The van der Waals surface area contributed by atoms with Gasteiger partial charge in [-0.25, -0.2) is 0 Å². The fourth-order valence-electron chi connectivity index (χ4n) is 5.65. The Bertz CT molecular complexity index is 700. The summed E-state index contributed by atoms with van der Waals surface area (Å²) in [7, 11) is 0. The van der Waals surface area contributed by atoms with Gasteiger partial charge in [-0.2, -0.15) is 0 Å². The van der Waals surface area contributed by atoms with Crippen molar-refractivity contribution in [3.05, 3.63) is 12.2 Å². The van der Waals surface area contributed by atoms with E-state index >= 15 is 0 Å². The van der Waals surface area contributed by atoms with Crippen LogP contribution in [0.4, 0.5) is 0 Å². The minimum Gasteiger partial charge on any atom is -0.466 e. The molecule has 0 aromatic carbocycles. The molecule has 7 heteroatoms. The number of hydrogen-bond donors (Lipinski definition) is 2. The van der Waals surface area contributed by atoms with Crippen LogP contribution >= 0.6 is 0 Å². The summed E-state index contributed by atoms with van der Waals surface area (Å²) in [4.78, 5) is 41.6. The predicted molar refractivity (Wildman–Crippen MR) is 117 cm³/mol. The average molecular weight is 435 g/mol. The molecule has 3 rings (SSSR count). The van der Waals surface area contributed by atoms with E-state index in [1.165, 1.54) is 6.42 Å². The number of aliphatic hydroxyl groups is 1. The molecule has 1 aliphatic heterocycles. The molecule has 1 saturated heterocycles. The summed E-state index contributed by atoms with van der Waals surface area (Å²) in [6.07, 6.45) is 9.15. The fraction of sp³-hybridized carbons (Fsp3) is 0.792. The molecule has 174 valence electrons. The molecule has 2 amide bonds. The van der Waals surface area contributed by atoms with Gasteiger partial charge in [0.15, 0.2) is 0 Å². The van der Waals surface area contributed by atoms with Gasteiger partial charge in [-0.1, -0.05) is 52.2 Å². The Kier molecular flexibility index (Phi) is 7.78. The number of nitrogens with one attached hydrogen (secondary N) is 1. The standard InChI is InChI=1S/C24H38N2O5/c1-5-31-24(30)19-15(4)11-12-17-20(19)23(29)26(18(13-27)14(2)3)21(17)22(28)25-16-9-7-6-8-10-16/h11-12,14-21,27H,5-10,13H2,1-4H3,(H,25,28)/t15-,17+,18+,19-,20+,21+/m1/s1. The third-order valence-corrected chi connectivity index (χ3v) is 7.30. The number of rotatable bonds is 7. The number of carbonyl (C=O) groups excluding carboxylic acids is 3. The molecule has 7 nitrogen and oxygen atoms in total. The molecule has 0 radical (unpaired) electrons. The van der Waals surface area contributed by atoms with Crippen molar-refractivity contribution >= 4 is 17.8 Å². The highest BCUT2D eigenvalue weighted by atomic mass is 16.5. The van der Waals surface area contributed by atoms with Gasteiger partial charge in [0.25, 0.3) is 0 Å². The first-order chi connectivity index (χ1) is 14.8. The van der Waals surface area contributed by atoms with Gasteiger partial charge in [0.2, 0.25) is 11.8 Å². The zero-order valence-electron chi connectivity index (χ0n) is 19.3. The van der Waals surface area contributed by atoms with Crippen LogP contribution in [0.2, 0.25) is 0 Å². The Balaban J connectivity index is 1.96. The maximum atomic E-state index is 13.7. The normalized spacial score (nSPS) is 32.1. The van der Waals surface area contributed by atoms with Gasteiger partial charge in [0.05, 0.1) is 31.1 Å². The van der Waals surface area contributed by atoms with E-state index in [-0.39, 0.29) is 48.9 Å². The van der Waals surface area contributed by atoms with Crippen LogP contribution < -0.4 is 5.32 Å². The summed E-state index contributed by atoms with van der Waals surface area (Å²) < 4.78 is 5.30. The van der Waals surface area contributed by atoms with Crippen LogP contribution in [0.25, 0.3) is 0 Å². The first kappa shape index (κ1) is 23.8. The van der Waals surface area contributed by atoms with Gasteiger partial charge in [0, 0.05) is 12.0 Å². The topological polar surface area (TPSA) is 95.9 Å². The fourth-order valence-corrected chi connectivity index (χ4v) is 5.65.